The number of nitrogens with zero attached hydrogens (tertiary/aromatic N) is 3. The average Bonchev–Trinajstić information content (AvgIpc) is 2.92. The number of aromatic nitrogens is 4. The van der Waals surface area contributed by atoms with Crippen LogP contribution >= 0.6 is 0 Å². The molecule has 2 N–H and O–H groups in total. The summed E-state index contributed by atoms with van der Waals surface area (Å²) in [4.78, 5) is 22.8. The minimum absolute atomic E-state index is 0.124. The lowest BCUT2D eigenvalue weighted by Gasteiger charge is -2.10. The third-order valence-electron chi connectivity index (χ3n) is 3.84. The van der Waals surface area contributed by atoms with Gasteiger partial charge in [-0.1, -0.05) is 13.0 Å². The quantitative estimate of drug-likeness (QED) is 0.704. The summed E-state index contributed by atoms with van der Waals surface area (Å²) < 4.78 is 12.3. The van der Waals surface area contributed by atoms with Gasteiger partial charge in [-0.2, -0.15) is 0 Å². The largest absolute Gasteiger partial charge is 0.493 e. The molecule has 8 heteroatoms. The molecular formula is C18H20N4O4. The second-order valence-electron chi connectivity index (χ2n) is 5.61. The van der Waals surface area contributed by atoms with Gasteiger partial charge in [-0.3, -0.25) is 0 Å². The van der Waals surface area contributed by atoms with E-state index in [0.717, 1.165) is 15.9 Å². The number of aryl methyl sites for hydroxylation is 2. The Hall–Kier alpha value is -3.29. The number of hydrogen-bond donors (Lipinski definition) is 2. The van der Waals surface area contributed by atoms with E-state index in [2.05, 4.69) is 15.0 Å². The van der Waals surface area contributed by atoms with E-state index in [1.807, 2.05) is 26.8 Å². The van der Waals surface area contributed by atoms with Crippen LogP contribution in [0.3, 0.4) is 0 Å². The molecule has 0 saturated heterocycles. The van der Waals surface area contributed by atoms with Gasteiger partial charge in [0.1, 0.15) is 11.5 Å². The zero-order valence-electron chi connectivity index (χ0n) is 14.8. The lowest BCUT2D eigenvalue weighted by Crippen LogP contribution is -2.15. The van der Waals surface area contributed by atoms with Crippen LogP contribution in [0, 0.1) is 6.92 Å². The first-order chi connectivity index (χ1) is 12.5. The molecule has 2 aromatic heterocycles. The van der Waals surface area contributed by atoms with Gasteiger partial charge in [0.2, 0.25) is 5.88 Å². The molecule has 136 valence electrons. The van der Waals surface area contributed by atoms with E-state index in [9.17, 15) is 9.90 Å². The van der Waals surface area contributed by atoms with Crippen LogP contribution in [0.5, 0.6) is 23.4 Å². The minimum Gasteiger partial charge on any atom is -0.493 e. The molecule has 0 atom stereocenters. The van der Waals surface area contributed by atoms with Gasteiger partial charge >= 0.3 is 11.7 Å². The Balaban J connectivity index is 1.84. The number of hydrogen-bond acceptors (Lipinski definition) is 6. The predicted molar refractivity (Wildman–Crippen MR) is 95.4 cm³/mol. The van der Waals surface area contributed by atoms with Gasteiger partial charge in [-0.15, -0.1) is 0 Å². The molecule has 8 nitrogen and oxygen atoms in total. The number of benzene rings is 1. The summed E-state index contributed by atoms with van der Waals surface area (Å²) in [5, 5.41) is 10.1. The van der Waals surface area contributed by atoms with E-state index < -0.39 is 5.69 Å². The molecule has 1 aromatic carbocycles. The van der Waals surface area contributed by atoms with E-state index in [1.54, 1.807) is 12.1 Å². The summed E-state index contributed by atoms with van der Waals surface area (Å²) in [5.74, 6) is 1.13. The molecule has 26 heavy (non-hydrogen) atoms. The molecule has 2 heterocycles. The van der Waals surface area contributed by atoms with Gasteiger partial charge in [0.15, 0.2) is 0 Å². The fourth-order valence-corrected chi connectivity index (χ4v) is 2.50. The van der Waals surface area contributed by atoms with Gasteiger partial charge in [-0.05, 0) is 31.9 Å². The molecule has 0 radical (unpaired) electrons. The van der Waals surface area contributed by atoms with Gasteiger partial charge < -0.3 is 19.6 Å². The second kappa shape index (κ2) is 7.30. The van der Waals surface area contributed by atoms with E-state index in [0.29, 0.717) is 30.2 Å². The van der Waals surface area contributed by atoms with E-state index >= 15 is 0 Å². The molecular weight excluding hydrogens is 336 g/mol. The van der Waals surface area contributed by atoms with E-state index in [1.165, 1.54) is 12.4 Å². The molecule has 0 aliphatic heterocycles. The fourth-order valence-electron chi connectivity index (χ4n) is 2.50. The summed E-state index contributed by atoms with van der Waals surface area (Å²) in [5.41, 5.74) is 1.36. The fraction of sp³-hybridized carbons (Fsp3) is 0.278. The molecule has 0 unspecified atom stereocenters. The molecule has 0 aliphatic carbocycles. The number of H-pyrrole nitrogens is 1. The summed E-state index contributed by atoms with van der Waals surface area (Å²) in [6.07, 6.45) is 3.33. The predicted octanol–water partition coefficient (Wildman–Crippen LogP) is 2.72. The monoisotopic (exact) mass is 356 g/mol. The third-order valence-corrected chi connectivity index (χ3v) is 3.84. The topological polar surface area (TPSA) is 102 Å². The highest BCUT2D eigenvalue weighted by atomic mass is 16.5. The number of aromatic amines is 1. The molecule has 0 saturated carbocycles. The lowest BCUT2D eigenvalue weighted by molar-refractivity contribution is 0.335. The van der Waals surface area contributed by atoms with Gasteiger partial charge in [-0.25, -0.2) is 19.3 Å². The molecule has 0 aliphatic rings. The zero-order chi connectivity index (χ0) is 18.7. The Morgan fingerprint density at radius 2 is 1.96 bits per heavy atom. The Morgan fingerprint density at radius 1 is 1.23 bits per heavy atom. The Labute approximate surface area is 150 Å². The van der Waals surface area contributed by atoms with Crippen LogP contribution in [-0.2, 0) is 6.42 Å². The van der Waals surface area contributed by atoms with Crippen molar-refractivity contribution in [1.82, 2.24) is 19.5 Å². The maximum absolute atomic E-state index is 12.0. The molecule has 0 spiro atoms. The Kier molecular flexibility index (Phi) is 4.92. The summed E-state index contributed by atoms with van der Waals surface area (Å²) in [6.45, 7) is 6.26. The normalized spacial score (nSPS) is 10.7. The molecule has 3 aromatic rings. The highest BCUT2D eigenvalue weighted by Crippen LogP contribution is 2.27. The zero-order valence-corrected chi connectivity index (χ0v) is 14.8. The third kappa shape index (κ3) is 3.39. The smallest absolute Gasteiger partial charge is 0.333 e. The average molecular weight is 356 g/mol. The van der Waals surface area contributed by atoms with Crippen molar-refractivity contribution in [3.8, 4) is 29.1 Å². The maximum atomic E-state index is 12.0. The van der Waals surface area contributed by atoms with Crippen LogP contribution in [0.4, 0.5) is 0 Å². The Morgan fingerprint density at radius 3 is 2.58 bits per heavy atom. The number of ether oxygens (including phenoxy) is 2. The van der Waals surface area contributed by atoms with Crippen LogP contribution in [0.1, 0.15) is 25.1 Å². The van der Waals surface area contributed by atoms with Gasteiger partial charge in [0.05, 0.1) is 30.4 Å². The second-order valence-corrected chi connectivity index (χ2v) is 5.61. The summed E-state index contributed by atoms with van der Waals surface area (Å²) in [7, 11) is 0. The number of imidazole rings is 1. The van der Waals surface area contributed by atoms with Crippen molar-refractivity contribution in [2.24, 2.45) is 0 Å². The number of aromatic hydroxyl groups is 1. The molecule has 3 rings (SSSR count). The van der Waals surface area contributed by atoms with Crippen LogP contribution in [0.15, 0.2) is 35.4 Å². The highest BCUT2D eigenvalue weighted by Gasteiger charge is 2.14. The molecule has 0 bridgehead atoms. The van der Waals surface area contributed by atoms with E-state index in [-0.39, 0.29) is 11.9 Å². The van der Waals surface area contributed by atoms with Crippen molar-refractivity contribution in [2.75, 3.05) is 6.61 Å². The summed E-state index contributed by atoms with van der Waals surface area (Å²) in [6, 6.07) is 5.58. The van der Waals surface area contributed by atoms with Crippen molar-refractivity contribution >= 4 is 0 Å². The maximum Gasteiger partial charge on any atom is 0.333 e. The molecule has 0 fully saturated rings. The number of rotatable bonds is 6. The first-order valence-corrected chi connectivity index (χ1v) is 8.30. The highest BCUT2D eigenvalue weighted by molar-refractivity contribution is 5.41. The van der Waals surface area contributed by atoms with Crippen molar-refractivity contribution in [2.45, 2.75) is 27.2 Å². The van der Waals surface area contributed by atoms with E-state index in [4.69, 9.17) is 9.47 Å². The Bertz CT molecular complexity index is 960. The molecule has 0 amide bonds. The van der Waals surface area contributed by atoms with Crippen LogP contribution in [0.25, 0.3) is 5.69 Å². The van der Waals surface area contributed by atoms with Crippen LogP contribution in [0.2, 0.25) is 0 Å². The minimum atomic E-state index is -0.448. The van der Waals surface area contributed by atoms with Gasteiger partial charge in [0.25, 0.3) is 0 Å². The lowest BCUT2D eigenvalue weighted by atomic mass is 10.2. The van der Waals surface area contributed by atoms with Crippen LogP contribution < -0.4 is 15.2 Å². The SMILES string of the molecule is CCOc1cc(Oc2ncc(-n3c(O)c(CC)[nH]c3=O)cn2)ccc1C. The van der Waals surface area contributed by atoms with Crippen molar-refractivity contribution in [1.29, 1.82) is 0 Å². The first-order valence-electron chi connectivity index (χ1n) is 8.30. The number of nitrogens with one attached hydrogen (secondary N) is 1. The van der Waals surface area contributed by atoms with Crippen LogP contribution in [-0.4, -0.2) is 31.2 Å². The standard InChI is InChI=1S/C18H20N4O4/c1-4-14-16(23)22(18(24)21-14)12-9-19-17(20-10-12)26-13-7-6-11(3)15(8-13)25-5-2/h6-10,23H,4-5H2,1-3H3,(H,21,24). The van der Waals surface area contributed by atoms with Gasteiger partial charge in [0, 0.05) is 6.07 Å². The first kappa shape index (κ1) is 17.5. The van der Waals surface area contributed by atoms with Crippen molar-refractivity contribution in [3.05, 3.63) is 52.3 Å². The van der Waals surface area contributed by atoms with Crippen molar-refractivity contribution < 1.29 is 14.6 Å². The van der Waals surface area contributed by atoms with Crippen molar-refractivity contribution in [3.63, 3.8) is 0 Å². The summed E-state index contributed by atoms with van der Waals surface area (Å²) >= 11 is 0.